The molecule has 0 heterocycles. The molecular weight excluding hydrogens is 161 g/mol. The molecule has 1 atom stereocenters. The first-order chi connectivity index (χ1) is 5.24. The summed E-state index contributed by atoms with van der Waals surface area (Å²) in [4.78, 5) is 8.67. The van der Waals surface area contributed by atoms with Gasteiger partial charge in [0.15, 0.2) is 0 Å². The van der Waals surface area contributed by atoms with Gasteiger partial charge in [-0.1, -0.05) is 12.1 Å². The van der Waals surface area contributed by atoms with Crippen molar-refractivity contribution in [1.29, 1.82) is 0 Å². The van der Waals surface area contributed by atoms with Gasteiger partial charge in [-0.05, 0) is 22.3 Å². The van der Waals surface area contributed by atoms with Crippen LogP contribution in [0.15, 0.2) is 24.3 Å². The summed E-state index contributed by atoms with van der Waals surface area (Å²) in [6, 6.07) is 6.72. The Balaban J connectivity index is 2.91. The van der Waals surface area contributed by atoms with E-state index in [4.69, 9.17) is 10.6 Å². The topological polar surface area (TPSA) is 63.3 Å². The van der Waals surface area contributed by atoms with Crippen molar-refractivity contribution in [2.75, 3.05) is 0 Å². The van der Waals surface area contributed by atoms with E-state index in [0.29, 0.717) is 11.8 Å². The van der Waals surface area contributed by atoms with Gasteiger partial charge in [-0.3, -0.25) is 0 Å². The summed E-state index contributed by atoms with van der Waals surface area (Å²) in [5.74, 6) is 0. The molecule has 0 bridgehead atoms. The molecule has 4 heteroatoms. The maximum atomic E-state index is 10.5. The zero-order valence-corrected chi connectivity index (χ0v) is 6.79. The fraction of sp³-hybridized carbons (Fsp3) is 0.143. The minimum Gasteiger partial charge on any atom is -0.326 e. The number of benzene rings is 1. The smallest absolute Gasteiger partial charge is 0.326 e. The van der Waals surface area contributed by atoms with Gasteiger partial charge in [0, 0.05) is 6.54 Å². The van der Waals surface area contributed by atoms with Crippen molar-refractivity contribution in [3.63, 3.8) is 0 Å². The van der Waals surface area contributed by atoms with Gasteiger partial charge < -0.3 is 5.73 Å². The highest BCUT2D eigenvalue weighted by atomic mass is 31.1. The van der Waals surface area contributed by atoms with Crippen LogP contribution in [0.2, 0.25) is 0 Å². The van der Waals surface area contributed by atoms with E-state index in [1.807, 2.05) is 0 Å². The molecule has 0 aromatic heterocycles. The number of hydrogen-bond donors (Lipinski definition) is 2. The van der Waals surface area contributed by atoms with Crippen molar-refractivity contribution in [3.8, 4) is 0 Å². The molecule has 1 unspecified atom stereocenters. The van der Waals surface area contributed by atoms with Crippen LogP contribution >= 0.6 is 8.03 Å². The Labute approximate surface area is 65.7 Å². The first-order valence-electron chi connectivity index (χ1n) is 3.19. The van der Waals surface area contributed by atoms with E-state index in [9.17, 15) is 4.57 Å². The van der Waals surface area contributed by atoms with Crippen molar-refractivity contribution < 1.29 is 9.46 Å². The van der Waals surface area contributed by atoms with E-state index in [0.717, 1.165) is 5.56 Å². The SMILES string of the molecule is NCc1ccc([P+](=O)O)cc1. The van der Waals surface area contributed by atoms with E-state index < -0.39 is 8.03 Å². The van der Waals surface area contributed by atoms with Crippen LogP contribution in [0.4, 0.5) is 0 Å². The summed E-state index contributed by atoms with van der Waals surface area (Å²) >= 11 is 0. The zero-order chi connectivity index (χ0) is 8.27. The van der Waals surface area contributed by atoms with Crippen molar-refractivity contribution in [2.45, 2.75) is 6.54 Å². The van der Waals surface area contributed by atoms with Gasteiger partial charge in [-0.15, -0.1) is 0 Å². The Kier molecular flexibility index (Phi) is 2.71. The fourth-order valence-electron chi connectivity index (χ4n) is 0.760. The predicted octanol–water partition coefficient (Wildman–Crippen LogP) is 0.505. The molecule has 58 valence electrons. The lowest BCUT2D eigenvalue weighted by Gasteiger charge is -1.91. The van der Waals surface area contributed by atoms with E-state index in [2.05, 4.69) is 0 Å². The van der Waals surface area contributed by atoms with Crippen molar-refractivity contribution in [1.82, 2.24) is 0 Å². The molecular formula is C7H9NO2P+. The van der Waals surface area contributed by atoms with Crippen LogP contribution in [-0.2, 0) is 11.1 Å². The maximum absolute atomic E-state index is 10.5. The average Bonchev–Trinajstić information content (AvgIpc) is 2.05. The summed E-state index contributed by atoms with van der Waals surface area (Å²) < 4.78 is 10.5. The van der Waals surface area contributed by atoms with Crippen LogP contribution in [0, 0.1) is 0 Å². The van der Waals surface area contributed by atoms with Crippen molar-refractivity contribution in [2.24, 2.45) is 5.73 Å². The largest absolute Gasteiger partial charge is 0.546 e. The molecule has 0 amide bonds. The highest BCUT2D eigenvalue weighted by Crippen LogP contribution is 2.12. The first kappa shape index (κ1) is 8.34. The zero-order valence-electron chi connectivity index (χ0n) is 5.90. The Morgan fingerprint density at radius 2 is 1.91 bits per heavy atom. The second kappa shape index (κ2) is 3.58. The van der Waals surface area contributed by atoms with Crippen molar-refractivity contribution in [3.05, 3.63) is 29.8 Å². The van der Waals surface area contributed by atoms with Crippen molar-refractivity contribution >= 4 is 13.3 Å². The highest BCUT2D eigenvalue weighted by Gasteiger charge is 2.13. The fourth-order valence-corrected chi connectivity index (χ4v) is 1.16. The molecule has 3 nitrogen and oxygen atoms in total. The predicted molar refractivity (Wildman–Crippen MR) is 43.8 cm³/mol. The molecule has 0 aliphatic rings. The number of rotatable bonds is 2. The minimum absolute atomic E-state index is 0.442. The van der Waals surface area contributed by atoms with Gasteiger partial charge in [0.05, 0.1) is 0 Å². The molecule has 3 N–H and O–H groups in total. The first-order valence-corrected chi connectivity index (χ1v) is 4.40. The quantitative estimate of drug-likeness (QED) is 0.635. The monoisotopic (exact) mass is 170 g/mol. The van der Waals surface area contributed by atoms with Gasteiger partial charge in [0.2, 0.25) is 5.30 Å². The second-order valence-corrected chi connectivity index (χ2v) is 3.21. The van der Waals surface area contributed by atoms with Gasteiger partial charge in [-0.2, -0.15) is 4.89 Å². The maximum Gasteiger partial charge on any atom is 0.546 e. The normalized spacial score (nSPS) is 11.3. The van der Waals surface area contributed by atoms with Crippen LogP contribution in [0.3, 0.4) is 0 Å². The van der Waals surface area contributed by atoms with Gasteiger partial charge in [0.25, 0.3) is 0 Å². The van der Waals surface area contributed by atoms with Gasteiger partial charge >= 0.3 is 8.03 Å². The Morgan fingerprint density at radius 1 is 1.36 bits per heavy atom. The summed E-state index contributed by atoms with van der Waals surface area (Å²) in [6.45, 7) is 0.461. The van der Waals surface area contributed by atoms with Crippen LogP contribution in [-0.4, -0.2) is 4.89 Å². The second-order valence-electron chi connectivity index (χ2n) is 2.14. The number of nitrogens with two attached hydrogens (primary N) is 1. The molecule has 0 saturated carbocycles. The number of hydrogen-bond acceptors (Lipinski definition) is 2. The average molecular weight is 170 g/mol. The highest BCUT2D eigenvalue weighted by molar-refractivity contribution is 7.47. The molecule has 0 radical (unpaired) electrons. The molecule has 1 aromatic carbocycles. The van der Waals surface area contributed by atoms with E-state index in [1.165, 1.54) is 0 Å². The molecule has 0 aliphatic carbocycles. The van der Waals surface area contributed by atoms with Gasteiger partial charge in [0.1, 0.15) is 0 Å². The van der Waals surface area contributed by atoms with Gasteiger partial charge in [-0.25, -0.2) is 0 Å². The molecule has 0 saturated heterocycles. The lowest BCUT2D eigenvalue weighted by Crippen LogP contribution is -2.00. The third-order valence-corrected chi connectivity index (χ3v) is 2.13. The molecule has 1 rings (SSSR count). The molecule has 11 heavy (non-hydrogen) atoms. The molecule has 0 spiro atoms. The summed E-state index contributed by atoms with van der Waals surface area (Å²) in [5.41, 5.74) is 6.30. The minimum atomic E-state index is -2.20. The molecule has 0 fully saturated rings. The van der Waals surface area contributed by atoms with E-state index in [1.54, 1.807) is 24.3 Å². The Hall–Kier alpha value is -0.760. The lowest BCUT2D eigenvalue weighted by molar-refractivity contribution is 0.513. The summed E-state index contributed by atoms with van der Waals surface area (Å²) in [5, 5.41) is 0.442. The standard InChI is InChI=1S/C7H8NO2P/c8-5-6-1-3-7(4-2-6)11(9)10/h1-4H,5,8H2/p+1. The van der Waals surface area contributed by atoms with E-state index >= 15 is 0 Å². The van der Waals surface area contributed by atoms with Crippen LogP contribution in [0.5, 0.6) is 0 Å². The third kappa shape index (κ3) is 2.09. The van der Waals surface area contributed by atoms with E-state index in [-0.39, 0.29) is 0 Å². The summed E-state index contributed by atoms with van der Waals surface area (Å²) in [7, 11) is -2.20. The van der Waals surface area contributed by atoms with Crippen LogP contribution < -0.4 is 11.0 Å². The Morgan fingerprint density at radius 3 is 2.27 bits per heavy atom. The third-order valence-electron chi connectivity index (χ3n) is 1.39. The summed E-state index contributed by atoms with van der Waals surface area (Å²) in [6.07, 6.45) is 0. The van der Waals surface area contributed by atoms with Crippen LogP contribution in [0.1, 0.15) is 5.56 Å². The van der Waals surface area contributed by atoms with Crippen LogP contribution in [0.25, 0.3) is 0 Å². The molecule has 1 aromatic rings. The molecule has 0 aliphatic heterocycles. The lowest BCUT2D eigenvalue weighted by atomic mass is 10.2. The Bertz CT molecular complexity index is 258.